The first kappa shape index (κ1) is 26.0. The fourth-order valence-electron chi connectivity index (χ4n) is 2.21. The second-order valence-corrected chi connectivity index (χ2v) is 6.11. The third-order valence-corrected chi connectivity index (χ3v) is 3.71. The van der Waals surface area contributed by atoms with E-state index in [4.69, 9.17) is 15.6 Å². The first-order valence-corrected chi connectivity index (χ1v) is 8.82. The van der Waals surface area contributed by atoms with E-state index in [0.717, 1.165) is 5.56 Å². The number of nitrogens with two attached hydrogens (primary N) is 1. The number of carbonyl (C=O) groups excluding carboxylic acids is 2. The molecule has 2 rings (SSSR count). The number of nitro benzene ring substituents is 1. The van der Waals surface area contributed by atoms with Gasteiger partial charge in [0, 0.05) is 24.2 Å². The van der Waals surface area contributed by atoms with Crippen LogP contribution in [0, 0.1) is 10.1 Å². The van der Waals surface area contributed by atoms with Crippen molar-refractivity contribution in [1.29, 1.82) is 0 Å². The predicted octanol–water partition coefficient (Wildman–Crippen LogP) is 1.85. The van der Waals surface area contributed by atoms with Gasteiger partial charge in [0.1, 0.15) is 6.04 Å². The number of nitro groups is 1. The average molecular weight is 456 g/mol. The largest absolute Gasteiger partial charge is 0.490 e. The number of carboxylic acids is 1. The highest BCUT2D eigenvalue weighted by Gasteiger charge is 2.38. The Morgan fingerprint density at radius 1 is 1.06 bits per heavy atom. The number of carbonyl (C=O) groups is 3. The summed E-state index contributed by atoms with van der Waals surface area (Å²) in [7, 11) is 0. The number of anilines is 1. The van der Waals surface area contributed by atoms with Crippen molar-refractivity contribution in [3.63, 3.8) is 0 Å². The number of non-ortho nitro benzene ring substituents is 1. The molecule has 0 radical (unpaired) electrons. The molecule has 0 aromatic heterocycles. The SMILES string of the molecule is NCC(=O)N[C@@H](Cc1ccccc1)C(=O)Nc1ccc([N+](=O)[O-])cc1.O=C(O)C(F)(F)F. The first-order chi connectivity index (χ1) is 14.9. The minimum atomic E-state index is -5.08. The van der Waals surface area contributed by atoms with Gasteiger partial charge in [-0.2, -0.15) is 13.2 Å². The number of nitrogens with one attached hydrogen (secondary N) is 2. The highest BCUT2D eigenvalue weighted by molar-refractivity contribution is 5.97. The first-order valence-electron chi connectivity index (χ1n) is 8.82. The minimum Gasteiger partial charge on any atom is -0.475 e. The fraction of sp³-hybridized carbons (Fsp3) is 0.211. The van der Waals surface area contributed by atoms with Crippen LogP contribution < -0.4 is 16.4 Å². The number of hydrogen-bond acceptors (Lipinski definition) is 6. The quantitative estimate of drug-likeness (QED) is 0.365. The van der Waals surface area contributed by atoms with E-state index in [1.807, 2.05) is 30.3 Å². The van der Waals surface area contributed by atoms with Crippen molar-refractivity contribution in [3.05, 3.63) is 70.3 Å². The van der Waals surface area contributed by atoms with Gasteiger partial charge in [-0.05, 0) is 17.7 Å². The summed E-state index contributed by atoms with van der Waals surface area (Å²) in [5, 5.41) is 23.0. The molecule has 0 heterocycles. The van der Waals surface area contributed by atoms with Gasteiger partial charge >= 0.3 is 12.1 Å². The van der Waals surface area contributed by atoms with E-state index in [1.165, 1.54) is 24.3 Å². The summed E-state index contributed by atoms with van der Waals surface area (Å²) >= 11 is 0. The lowest BCUT2D eigenvalue weighted by atomic mass is 10.0. The summed E-state index contributed by atoms with van der Waals surface area (Å²) < 4.78 is 31.7. The third-order valence-electron chi connectivity index (χ3n) is 3.71. The molecule has 13 heteroatoms. The van der Waals surface area contributed by atoms with Crippen LogP contribution in [0.3, 0.4) is 0 Å². The van der Waals surface area contributed by atoms with Crippen LogP contribution in [0.25, 0.3) is 0 Å². The molecule has 0 saturated heterocycles. The van der Waals surface area contributed by atoms with E-state index in [0.29, 0.717) is 12.1 Å². The van der Waals surface area contributed by atoms with E-state index >= 15 is 0 Å². The molecule has 172 valence electrons. The average Bonchev–Trinajstić information content (AvgIpc) is 2.74. The van der Waals surface area contributed by atoms with Crippen LogP contribution in [-0.4, -0.2) is 46.6 Å². The second kappa shape index (κ2) is 12.0. The topological polar surface area (TPSA) is 165 Å². The molecule has 0 unspecified atom stereocenters. The molecule has 1 atom stereocenters. The zero-order valence-electron chi connectivity index (χ0n) is 16.3. The molecule has 0 aliphatic heterocycles. The lowest BCUT2D eigenvalue weighted by molar-refractivity contribution is -0.384. The van der Waals surface area contributed by atoms with Crippen molar-refractivity contribution < 1.29 is 37.6 Å². The molecule has 0 aliphatic rings. The van der Waals surface area contributed by atoms with Crippen molar-refractivity contribution >= 4 is 29.2 Å². The van der Waals surface area contributed by atoms with Gasteiger partial charge in [-0.3, -0.25) is 19.7 Å². The number of benzene rings is 2. The molecule has 2 aromatic carbocycles. The monoisotopic (exact) mass is 456 g/mol. The standard InChI is InChI=1S/C17H18N4O4.C2HF3O2/c18-11-16(22)20-15(10-12-4-2-1-3-5-12)17(23)19-13-6-8-14(9-7-13)21(24)25;3-2(4,5)1(6)7/h1-9,15H,10-11,18H2,(H,19,23)(H,20,22);(H,6,7)/t15-;/m0./s1. The lowest BCUT2D eigenvalue weighted by Crippen LogP contribution is -2.47. The summed E-state index contributed by atoms with van der Waals surface area (Å²) in [6.45, 7) is -0.226. The fourth-order valence-corrected chi connectivity index (χ4v) is 2.21. The molecule has 32 heavy (non-hydrogen) atoms. The molecule has 10 nitrogen and oxygen atoms in total. The highest BCUT2D eigenvalue weighted by atomic mass is 19.4. The van der Waals surface area contributed by atoms with Crippen molar-refractivity contribution in [2.75, 3.05) is 11.9 Å². The summed E-state index contributed by atoms with van der Waals surface area (Å²) in [6, 6.07) is 13.9. The summed E-state index contributed by atoms with van der Waals surface area (Å²) in [4.78, 5) is 43.1. The normalized spacial score (nSPS) is 11.4. The molecule has 0 spiro atoms. The van der Waals surface area contributed by atoms with Gasteiger partial charge in [-0.15, -0.1) is 0 Å². The molecule has 0 aliphatic carbocycles. The van der Waals surface area contributed by atoms with Crippen molar-refractivity contribution in [3.8, 4) is 0 Å². The van der Waals surface area contributed by atoms with Gasteiger partial charge in [0.15, 0.2) is 0 Å². The van der Waals surface area contributed by atoms with Gasteiger partial charge in [0.25, 0.3) is 5.69 Å². The van der Waals surface area contributed by atoms with Crippen LogP contribution in [0.5, 0.6) is 0 Å². The number of alkyl halides is 3. The van der Waals surface area contributed by atoms with E-state index in [2.05, 4.69) is 10.6 Å². The number of nitrogens with zero attached hydrogens (tertiary/aromatic N) is 1. The third kappa shape index (κ3) is 9.21. The Hall–Kier alpha value is -4.00. The van der Waals surface area contributed by atoms with Crippen LogP contribution in [0.15, 0.2) is 54.6 Å². The Morgan fingerprint density at radius 3 is 2.03 bits per heavy atom. The molecular formula is C19H19F3N4O6. The Balaban J connectivity index is 0.000000633. The lowest BCUT2D eigenvalue weighted by Gasteiger charge is -2.18. The minimum absolute atomic E-state index is 0.0738. The van der Waals surface area contributed by atoms with Crippen molar-refractivity contribution in [2.45, 2.75) is 18.6 Å². The van der Waals surface area contributed by atoms with Gasteiger partial charge in [-0.25, -0.2) is 4.79 Å². The maximum atomic E-state index is 12.5. The Morgan fingerprint density at radius 2 is 1.59 bits per heavy atom. The van der Waals surface area contributed by atoms with Gasteiger partial charge in [-0.1, -0.05) is 30.3 Å². The maximum Gasteiger partial charge on any atom is 0.490 e. The van der Waals surface area contributed by atoms with Crippen LogP contribution in [-0.2, 0) is 20.8 Å². The van der Waals surface area contributed by atoms with Crippen LogP contribution >= 0.6 is 0 Å². The van der Waals surface area contributed by atoms with Gasteiger partial charge < -0.3 is 21.5 Å². The summed E-state index contributed by atoms with van der Waals surface area (Å²) in [5.41, 5.74) is 6.51. The number of carboxylic acid groups (broad SMARTS) is 1. The number of amides is 2. The van der Waals surface area contributed by atoms with Gasteiger partial charge in [0.05, 0.1) is 11.5 Å². The molecule has 2 aromatic rings. The Labute approximate surface area is 179 Å². The summed E-state index contributed by atoms with van der Waals surface area (Å²) in [5.74, 6) is -3.63. The number of aliphatic carboxylic acids is 1. The number of halogens is 3. The molecule has 5 N–H and O–H groups in total. The smallest absolute Gasteiger partial charge is 0.475 e. The molecule has 0 bridgehead atoms. The molecular weight excluding hydrogens is 437 g/mol. The maximum absolute atomic E-state index is 12.5. The van der Waals surface area contributed by atoms with E-state index < -0.39 is 34.9 Å². The highest BCUT2D eigenvalue weighted by Crippen LogP contribution is 2.16. The van der Waals surface area contributed by atoms with Crippen molar-refractivity contribution in [2.24, 2.45) is 5.73 Å². The molecule has 0 saturated carbocycles. The van der Waals surface area contributed by atoms with Crippen LogP contribution in [0.4, 0.5) is 24.5 Å². The van der Waals surface area contributed by atoms with Crippen molar-refractivity contribution in [1.82, 2.24) is 5.32 Å². The van der Waals surface area contributed by atoms with E-state index in [1.54, 1.807) is 0 Å². The van der Waals surface area contributed by atoms with Gasteiger partial charge in [0.2, 0.25) is 11.8 Å². The Kier molecular flexibility index (Phi) is 9.76. The van der Waals surface area contributed by atoms with Crippen LogP contribution in [0.2, 0.25) is 0 Å². The van der Waals surface area contributed by atoms with E-state index in [9.17, 15) is 32.9 Å². The molecule has 2 amide bonds. The number of rotatable bonds is 7. The van der Waals surface area contributed by atoms with Crippen LogP contribution in [0.1, 0.15) is 5.56 Å². The molecule has 0 fully saturated rings. The Bertz CT molecular complexity index is 936. The summed E-state index contributed by atoms with van der Waals surface area (Å²) in [6.07, 6.45) is -4.79. The number of hydrogen-bond donors (Lipinski definition) is 4. The zero-order chi connectivity index (χ0) is 24.3. The predicted molar refractivity (Wildman–Crippen MR) is 107 cm³/mol. The zero-order valence-corrected chi connectivity index (χ0v) is 16.3. The second-order valence-electron chi connectivity index (χ2n) is 6.11. The van der Waals surface area contributed by atoms with E-state index in [-0.39, 0.29) is 12.2 Å².